The molecule has 0 fully saturated rings. The third kappa shape index (κ3) is 1.72. The highest BCUT2D eigenvalue weighted by molar-refractivity contribution is 9.10. The predicted octanol–water partition coefficient (Wildman–Crippen LogP) is 1.86. The molecular formula is C9H12BrN3O. The minimum Gasteiger partial charge on any atom is -0.409 e. The summed E-state index contributed by atoms with van der Waals surface area (Å²) in [5.74, 6) is 0.0741. The monoisotopic (exact) mass is 257 g/mol. The number of hydrogen-bond acceptors (Lipinski definition) is 3. The van der Waals surface area contributed by atoms with Gasteiger partial charge in [-0.1, -0.05) is 5.16 Å². The minimum atomic E-state index is 0.0741. The average Bonchev–Trinajstić information content (AvgIpc) is 2.14. The number of aromatic nitrogens is 1. The molecule has 0 saturated carbocycles. The van der Waals surface area contributed by atoms with E-state index < -0.39 is 0 Å². The van der Waals surface area contributed by atoms with E-state index in [2.05, 4.69) is 26.1 Å². The number of halogens is 1. The average molecular weight is 258 g/mol. The molecule has 0 aromatic carbocycles. The molecule has 5 heteroatoms. The third-order valence-corrected chi connectivity index (χ3v) is 2.89. The van der Waals surface area contributed by atoms with Gasteiger partial charge in [0.25, 0.3) is 0 Å². The van der Waals surface area contributed by atoms with Crippen molar-refractivity contribution in [2.24, 2.45) is 10.9 Å². The summed E-state index contributed by atoms with van der Waals surface area (Å²) in [6.45, 7) is 5.80. The van der Waals surface area contributed by atoms with Gasteiger partial charge in [-0.25, -0.2) is 4.98 Å². The van der Waals surface area contributed by atoms with E-state index in [4.69, 9.17) is 10.9 Å². The summed E-state index contributed by atoms with van der Waals surface area (Å²) in [5, 5.41) is 11.6. The summed E-state index contributed by atoms with van der Waals surface area (Å²) < 4.78 is 0.605. The number of oxime groups is 1. The van der Waals surface area contributed by atoms with Crippen molar-refractivity contribution in [3.8, 4) is 0 Å². The van der Waals surface area contributed by atoms with Crippen LogP contribution in [-0.4, -0.2) is 16.0 Å². The first-order chi connectivity index (χ1) is 6.49. The maximum absolute atomic E-state index is 8.61. The molecule has 0 aliphatic heterocycles. The summed E-state index contributed by atoms with van der Waals surface area (Å²) >= 11 is 3.29. The fraction of sp³-hybridized carbons (Fsp3) is 0.333. The van der Waals surface area contributed by atoms with Gasteiger partial charge in [0.1, 0.15) is 4.60 Å². The van der Waals surface area contributed by atoms with Gasteiger partial charge in [0, 0.05) is 5.69 Å². The van der Waals surface area contributed by atoms with Crippen LogP contribution >= 0.6 is 15.9 Å². The van der Waals surface area contributed by atoms with Crippen LogP contribution in [0.3, 0.4) is 0 Å². The molecule has 0 unspecified atom stereocenters. The number of rotatable bonds is 1. The van der Waals surface area contributed by atoms with Crippen LogP contribution in [0.5, 0.6) is 0 Å². The van der Waals surface area contributed by atoms with Gasteiger partial charge in [-0.2, -0.15) is 0 Å². The Kier molecular flexibility index (Phi) is 3.10. The van der Waals surface area contributed by atoms with Crippen LogP contribution < -0.4 is 5.73 Å². The van der Waals surface area contributed by atoms with Gasteiger partial charge in [-0.05, 0) is 47.8 Å². The van der Waals surface area contributed by atoms with Crippen LogP contribution in [0.1, 0.15) is 22.4 Å². The van der Waals surface area contributed by atoms with E-state index in [1.807, 2.05) is 20.8 Å². The van der Waals surface area contributed by atoms with E-state index in [0.717, 1.165) is 16.8 Å². The largest absolute Gasteiger partial charge is 0.409 e. The molecule has 0 saturated heterocycles. The molecule has 0 spiro atoms. The second-order valence-corrected chi connectivity index (χ2v) is 3.85. The fourth-order valence-electron chi connectivity index (χ4n) is 1.25. The quantitative estimate of drug-likeness (QED) is 0.265. The number of amidine groups is 1. The van der Waals surface area contributed by atoms with Gasteiger partial charge in [-0.15, -0.1) is 0 Å². The van der Waals surface area contributed by atoms with E-state index in [0.29, 0.717) is 10.2 Å². The lowest BCUT2D eigenvalue weighted by Crippen LogP contribution is -2.17. The molecule has 3 N–H and O–H groups in total. The Hall–Kier alpha value is -1.10. The zero-order chi connectivity index (χ0) is 10.9. The van der Waals surface area contributed by atoms with Crippen molar-refractivity contribution in [2.45, 2.75) is 20.8 Å². The second-order valence-electron chi connectivity index (χ2n) is 3.10. The molecule has 4 nitrogen and oxygen atoms in total. The molecule has 76 valence electrons. The summed E-state index contributed by atoms with van der Waals surface area (Å²) in [7, 11) is 0. The van der Waals surface area contributed by atoms with Crippen LogP contribution in [0.15, 0.2) is 9.76 Å². The van der Waals surface area contributed by atoms with Crippen LogP contribution in [0.25, 0.3) is 0 Å². The smallest absolute Gasteiger partial charge is 0.173 e. The molecule has 14 heavy (non-hydrogen) atoms. The normalized spacial score (nSPS) is 11.9. The molecule has 0 aliphatic rings. The van der Waals surface area contributed by atoms with Crippen molar-refractivity contribution in [1.29, 1.82) is 0 Å². The van der Waals surface area contributed by atoms with E-state index >= 15 is 0 Å². The summed E-state index contributed by atoms with van der Waals surface area (Å²) in [4.78, 5) is 4.25. The maximum Gasteiger partial charge on any atom is 0.173 e. The van der Waals surface area contributed by atoms with Gasteiger partial charge in [0.2, 0.25) is 0 Å². The van der Waals surface area contributed by atoms with Gasteiger partial charge >= 0.3 is 0 Å². The van der Waals surface area contributed by atoms with Crippen molar-refractivity contribution in [1.82, 2.24) is 4.98 Å². The summed E-state index contributed by atoms with van der Waals surface area (Å²) in [6.07, 6.45) is 0. The Morgan fingerprint density at radius 3 is 2.43 bits per heavy atom. The van der Waals surface area contributed by atoms with E-state index in [-0.39, 0.29) is 5.84 Å². The number of nitrogens with zero attached hydrogens (tertiary/aromatic N) is 2. The van der Waals surface area contributed by atoms with Crippen LogP contribution in [-0.2, 0) is 0 Å². The Balaban J connectivity index is 3.52. The lowest BCUT2D eigenvalue weighted by atomic mass is 10.0. The molecular weight excluding hydrogens is 246 g/mol. The minimum absolute atomic E-state index is 0.0741. The molecule has 1 aromatic heterocycles. The van der Waals surface area contributed by atoms with Crippen molar-refractivity contribution in [3.05, 3.63) is 27.0 Å². The molecule has 1 rings (SSSR count). The first kappa shape index (κ1) is 11.0. The predicted molar refractivity (Wildman–Crippen MR) is 58.7 cm³/mol. The van der Waals surface area contributed by atoms with Crippen LogP contribution in [0.2, 0.25) is 0 Å². The Morgan fingerprint density at radius 1 is 1.36 bits per heavy atom. The van der Waals surface area contributed by atoms with Gasteiger partial charge in [0.05, 0.1) is 5.56 Å². The highest BCUT2D eigenvalue weighted by Gasteiger charge is 2.13. The van der Waals surface area contributed by atoms with Crippen LogP contribution in [0.4, 0.5) is 0 Å². The SMILES string of the molecule is Cc1nc(Br)c(/C(N)=N/O)c(C)c1C. The van der Waals surface area contributed by atoms with Crippen molar-refractivity contribution < 1.29 is 5.21 Å². The van der Waals surface area contributed by atoms with E-state index in [1.54, 1.807) is 0 Å². The van der Waals surface area contributed by atoms with Crippen LogP contribution in [0, 0.1) is 20.8 Å². The molecule has 0 radical (unpaired) electrons. The fourth-order valence-corrected chi connectivity index (χ4v) is 2.01. The highest BCUT2D eigenvalue weighted by Crippen LogP contribution is 2.22. The number of aryl methyl sites for hydroxylation is 1. The standard InChI is InChI=1S/C9H12BrN3O/c1-4-5(2)7(9(11)13-14)8(10)12-6(4)3/h14H,1-3H3,(H2,11,13). The third-order valence-electron chi connectivity index (χ3n) is 2.32. The second kappa shape index (κ2) is 3.96. The van der Waals surface area contributed by atoms with Gasteiger partial charge in [0.15, 0.2) is 5.84 Å². The van der Waals surface area contributed by atoms with Gasteiger partial charge < -0.3 is 10.9 Å². The lowest BCUT2D eigenvalue weighted by Gasteiger charge is -2.11. The van der Waals surface area contributed by atoms with Crippen molar-refractivity contribution >= 4 is 21.8 Å². The number of nitrogens with two attached hydrogens (primary N) is 1. The number of pyridine rings is 1. The maximum atomic E-state index is 8.61. The zero-order valence-electron chi connectivity index (χ0n) is 8.30. The number of hydrogen-bond donors (Lipinski definition) is 2. The first-order valence-corrected chi connectivity index (χ1v) is 4.89. The molecule has 0 amide bonds. The molecule has 1 heterocycles. The molecule has 0 atom stereocenters. The summed E-state index contributed by atoms with van der Waals surface area (Å²) in [6, 6.07) is 0. The molecule has 0 aliphatic carbocycles. The van der Waals surface area contributed by atoms with E-state index in [9.17, 15) is 0 Å². The Bertz CT molecular complexity index is 402. The topological polar surface area (TPSA) is 71.5 Å². The zero-order valence-corrected chi connectivity index (χ0v) is 9.88. The van der Waals surface area contributed by atoms with E-state index in [1.165, 1.54) is 0 Å². The molecule has 0 bridgehead atoms. The van der Waals surface area contributed by atoms with Gasteiger partial charge in [-0.3, -0.25) is 0 Å². The molecule has 1 aromatic rings. The lowest BCUT2D eigenvalue weighted by molar-refractivity contribution is 0.318. The Morgan fingerprint density at radius 2 is 1.93 bits per heavy atom. The van der Waals surface area contributed by atoms with Crippen molar-refractivity contribution in [2.75, 3.05) is 0 Å². The first-order valence-electron chi connectivity index (χ1n) is 4.10. The van der Waals surface area contributed by atoms with Crippen molar-refractivity contribution in [3.63, 3.8) is 0 Å². The summed E-state index contributed by atoms with van der Waals surface area (Å²) in [5.41, 5.74) is 9.15. The Labute approximate surface area is 91.0 Å². The highest BCUT2D eigenvalue weighted by atomic mass is 79.9.